The summed E-state index contributed by atoms with van der Waals surface area (Å²) in [6.45, 7) is 3.77. The molecule has 1 rings (SSSR count). The molecule has 1 aromatic heterocycles. The predicted molar refractivity (Wildman–Crippen MR) is 46.8 cm³/mol. The highest BCUT2D eigenvalue weighted by Crippen LogP contribution is 1.95. The molecule has 1 heterocycles. The first-order valence-electron chi connectivity index (χ1n) is 4.03. The summed E-state index contributed by atoms with van der Waals surface area (Å²) in [5, 5.41) is 8.64. The monoisotopic (exact) mass is 175 g/mol. The molecule has 13 heavy (non-hydrogen) atoms. The zero-order valence-corrected chi connectivity index (χ0v) is 7.74. The molecule has 0 aliphatic carbocycles. The third kappa shape index (κ3) is 2.38. The molecule has 0 aliphatic heterocycles. The third-order valence-electron chi connectivity index (χ3n) is 1.77. The molecule has 0 aromatic carbocycles. The van der Waals surface area contributed by atoms with Crippen LogP contribution in [-0.4, -0.2) is 5.78 Å². The molecule has 0 N–H and O–H groups in total. The van der Waals surface area contributed by atoms with Crippen molar-refractivity contribution in [2.24, 2.45) is 0 Å². The number of ketones is 1. The highest BCUT2D eigenvalue weighted by Gasteiger charge is 2.09. The van der Waals surface area contributed by atoms with Crippen molar-refractivity contribution in [1.82, 2.24) is 0 Å². The number of pyridine rings is 1. The van der Waals surface area contributed by atoms with Crippen molar-refractivity contribution in [3.05, 3.63) is 29.6 Å². The van der Waals surface area contributed by atoms with E-state index in [2.05, 4.69) is 0 Å². The number of carbonyl (C=O) groups is 1. The number of rotatable bonds is 2. The number of Topliss-reactive ketones (excluding diaryl/α,β-unsaturated/α-hetero) is 1. The van der Waals surface area contributed by atoms with Crippen LogP contribution in [0.25, 0.3) is 0 Å². The van der Waals surface area contributed by atoms with Crippen LogP contribution in [0.15, 0.2) is 18.3 Å². The molecule has 0 bridgehead atoms. The summed E-state index contributed by atoms with van der Waals surface area (Å²) in [5.41, 5.74) is 1.56. The van der Waals surface area contributed by atoms with E-state index in [-0.39, 0.29) is 5.78 Å². The summed E-state index contributed by atoms with van der Waals surface area (Å²) in [7, 11) is 0. The Hall–Kier alpha value is -1.69. The van der Waals surface area contributed by atoms with Crippen molar-refractivity contribution in [1.29, 1.82) is 5.26 Å². The number of carbonyl (C=O) groups excluding carboxylic acids is 1. The average molecular weight is 175 g/mol. The van der Waals surface area contributed by atoms with Gasteiger partial charge in [-0.15, -0.1) is 0 Å². The Morgan fingerprint density at radius 3 is 2.85 bits per heavy atom. The van der Waals surface area contributed by atoms with Crippen molar-refractivity contribution in [2.45, 2.75) is 20.4 Å². The van der Waals surface area contributed by atoms with Gasteiger partial charge in [-0.1, -0.05) is 0 Å². The van der Waals surface area contributed by atoms with Crippen molar-refractivity contribution in [3.63, 3.8) is 0 Å². The molecular formula is C10H11N2O+. The van der Waals surface area contributed by atoms with E-state index in [9.17, 15) is 4.79 Å². The first-order chi connectivity index (χ1) is 6.13. The maximum atomic E-state index is 10.9. The van der Waals surface area contributed by atoms with Crippen molar-refractivity contribution in [2.75, 3.05) is 0 Å². The molecule has 3 nitrogen and oxygen atoms in total. The Kier molecular flexibility index (Phi) is 2.76. The van der Waals surface area contributed by atoms with E-state index in [0.29, 0.717) is 12.1 Å². The molecule has 0 fully saturated rings. The van der Waals surface area contributed by atoms with E-state index in [1.54, 1.807) is 16.8 Å². The Morgan fingerprint density at radius 2 is 2.31 bits per heavy atom. The molecule has 0 aliphatic rings. The Bertz CT molecular complexity index is 377. The van der Waals surface area contributed by atoms with Crippen molar-refractivity contribution in [3.8, 4) is 6.07 Å². The van der Waals surface area contributed by atoms with Crippen molar-refractivity contribution < 1.29 is 9.36 Å². The van der Waals surface area contributed by atoms with Gasteiger partial charge < -0.3 is 0 Å². The molecule has 0 saturated heterocycles. The summed E-state index contributed by atoms with van der Waals surface area (Å²) >= 11 is 0. The van der Waals surface area contributed by atoms with Gasteiger partial charge in [-0.3, -0.25) is 4.79 Å². The number of hydrogen-bond donors (Lipinski definition) is 0. The number of aromatic nitrogens is 1. The molecule has 66 valence electrons. The average Bonchev–Trinajstić information content (AvgIpc) is 2.08. The van der Waals surface area contributed by atoms with Gasteiger partial charge in [0, 0.05) is 19.9 Å². The van der Waals surface area contributed by atoms with Gasteiger partial charge in [-0.05, 0) is 6.07 Å². The van der Waals surface area contributed by atoms with Gasteiger partial charge in [0.2, 0.25) is 6.54 Å². The minimum atomic E-state index is 0.0863. The highest BCUT2D eigenvalue weighted by molar-refractivity contribution is 5.73. The molecule has 1 aromatic rings. The topological polar surface area (TPSA) is 44.7 Å². The number of nitrogens with zero attached hydrogens (tertiary/aromatic N) is 2. The van der Waals surface area contributed by atoms with E-state index in [1.807, 2.05) is 19.1 Å². The van der Waals surface area contributed by atoms with Gasteiger partial charge in [0.25, 0.3) is 0 Å². The first-order valence-corrected chi connectivity index (χ1v) is 4.03. The summed E-state index contributed by atoms with van der Waals surface area (Å²) in [5.74, 6) is 0.0863. The molecule has 0 unspecified atom stereocenters. The second kappa shape index (κ2) is 3.81. The molecule has 0 radical (unpaired) electrons. The van der Waals surface area contributed by atoms with Gasteiger partial charge in [-0.2, -0.15) is 9.83 Å². The molecule has 3 heteroatoms. The van der Waals surface area contributed by atoms with Gasteiger partial charge in [0.15, 0.2) is 17.7 Å². The van der Waals surface area contributed by atoms with Crippen LogP contribution in [0.3, 0.4) is 0 Å². The summed E-state index contributed by atoms with van der Waals surface area (Å²) in [6, 6.07) is 5.61. The van der Waals surface area contributed by atoms with E-state index in [4.69, 9.17) is 5.26 Å². The Morgan fingerprint density at radius 1 is 1.62 bits per heavy atom. The second-order valence-corrected chi connectivity index (χ2v) is 3.00. The van der Waals surface area contributed by atoms with Gasteiger partial charge in [-0.25, -0.2) is 0 Å². The fourth-order valence-electron chi connectivity index (χ4n) is 1.10. The Labute approximate surface area is 77.2 Å². The lowest BCUT2D eigenvalue weighted by Crippen LogP contribution is -2.40. The quantitative estimate of drug-likeness (QED) is 0.622. The smallest absolute Gasteiger partial charge is 0.206 e. The lowest BCUT2D eigenvalue weighted by Gasteiger charge is -1.97. The maximum Gasteiger partial charge on any atom is 0.206 e. The normalized spacial score (nSPS) is 9.31. The van der Waals surface area contributed by atoms with Gasteiger partial charge >= 0.3 is 0 Å². The van der Waals surface area contributed by atoms with Crippen LogP contribution in [-0.2, 0) is 11.3 Å². The highest BCUT2D eigenvalue weighted by atomic mass is 16.1. The van der Waals surface area contributed by atoms with Crippen molar-refractivity contribution >= 4 is 5.78 Å². The fourth-order valence-corrected chi connectivity index (χ4v) is 1.10. The maximum absolute atomic E-state index is 10.9. The standard InChI is InChI=1S/C10H11N2O/c1-8-3-4-10(5-11)7-12(8)6-9(2)13/h3-4,7H,6H2,1-2H3/q+1. The molecule has 0 amide bonds. The zero-order valence-electron chi connectivity index (χ0n) is 7.74. The minimum absolute atomic E-state index is 0.0863. The molecule has 0 spiro atoms. The van der Waals surface area contributed by atoms with Gasteiger partial charge in [0.1, 0.15) is 11.6 Å². The Balaban J connectivity index is 3.05. The van der Waals surface area contributed by atoms with E-state index in [1.165, 1.54) is 6.92 Å². The van der Waals surface area contributed by atoms with E-state index in [0.717, 1.165) is 5.69 Å². The van der Waals surface area contributed by atoms with Crippen LogP contribution in [0.5, 0.6) is 0 Å². The van der Waals surface area contributed by atoms with Crippen LogP contribution in [0.1, 0.15) is 18.2 Å². The van der Waals surface area contributed by atoms with Crippen LogP contribution in [0.2, 0.25) is 0 Å². The lowest BCUT2D eigenvalue weighted by atomic mass is 10.2. The SMILES string of the molecule is CC(=O)C[n+]1cc(C#N)ccc1C. The molecule has 0 atom stereocenters. The van der Waals surface area contributed by atoms with Crippen LogP contribution in [0, 0.1) is 18.3 Å². The molecular weight excluding hydrogens is 164 g/mol. The second-order valence-electron chi connectivity index (χ2n) is 3.00. The molecule has 0 saturated carbocycles. The van der Waals surface area contributed by atoms with E-state index < -0.39 is 0 Å². The van der Waals surface area contributed by atoms with E-state index >= 15 is 0 Å². The first kappa shape index (κ1) is 9.40. The predicted octanol–water partition coefficient (Wildman–Crippen LogP) is 0.743. The number of aryl methyl sites for hydroxylation is 1. The third-order valence-corrected chi connectivity index (χ3v) is 1.77. The van der Waals surface area contributed by atoms with Crippen LogP contribution in [0.4, 0.5) is 0 Å². The largest absolute Gasteiger partial charge is 0.293 e. The minimum Gasteiger partial charge on any atom is -0.293 e. The number of nitriles is 1. The lowest BCUT2D eigenvalue weighted by molar-refractivity contribution is -0.690. The number of hydrogen-bond acceptors (Lipinski definition) is 2. The van der Waals surface area contributed by atoms with Crippen LogP contribution >= 0.6 is 0 Å². The summed E-state index contributed by atoms with van der Waals surface area (Å²) in [4.78, 5) is 10.9. The van der Waals surface area contributed by atoms with Gasteiger partial charge in [0.05, 0.1) is 0 Å². The fraction of sp³-hybridized carbons (Fsp3) is 0.300. The zero-order chi connectivity index (χ0) is 9.84. The van der Waals surface area contributed by atoms with Crippen LogP contribution < -0.4 is 4.57 Å². The summed E-state index contributed by atoms with van der Waals surface area (Å²) < 4.78 is 1.78. The summed E-state index contributed by atoms with van der Waals surface area (Å²) in [6.07, 6.45) is 1.69.